The molecule has 10 heteroatoms. The fourth-order valence-corrected chi connectivity index (χ4v) is 3.51. The van der Waals surface area contributed by atoms with E-state index >= 15 is 4.39 Å². The minimum Gasteiger partial charge on any atom is -0.453 e. The highest BCUT2D eigenvalue weighted by Crippen LogP contribution is 2.42. The molecule has 0 unspecified atom stereocenters. The zero-order chi connectivity index (χ0) is 22.1. The van der Waals surface area contributed by atoms with E-state index in [0.29, 0.717) is 17.2 Å². The van der Waals surface area contributed by atoms with E-state index in [1.54, 1.807) is 6.07 Å². The lowest BCUT2D eigenvalue weighted by Gasteiger charge is -2.13. The molecular formula is C21H16Cl2FN5O2. The Balaban J connectivity index is 1.55. The molecule has 158 valence electrons. The van der Waals surface area contributed by atoms with Crippen LogP contribution in [0, 0.1) is 17.1 Å². The van der Waals surface area contributed by atoms with Gasteiger partial charge in [0.05, 0.1) is 16.7 Å². The highest BCUT2D eigenvalue weighted by Gasteiger charge is 2.25. The molecule has 1 amide bonds. The van der Waals surface area contributed by atoms with E-state index in [2.05, 4.69) is 21.4 Å². The molecule has 0 spiro atoms. The van der Waals surface area contributed by atoms with Gasteiger partial charge in [0.2, 0.25) is 0 Å². The first-order valence-electron chi connectivity index (χ1n) is 9.34. The highest BCUT2D eigenvalue weighted by molar-refractivity contribution is 6.32. The zero-order valence-electron chi connectivity index (χ0n) is 16.0. The number of carbonyl (C=O) groups excluding carboxylic acids is 1. The summed E-state index contributed by atoms with van der Waals surface area (Å²) in [6.45, 7) is -0.154. The first kappa shape index (κ1) is 21.0. The minimum absolute atomic E-state index is 0.00586. The van der Waals surface area contributed by atoms with Gasteiger partial charge < -0.3 is 20.8 Å². The van der Waals surface area contributed by atoms with Crippen molar-refractivity contribution in [2.45, 2.75) is 25.3 Å². The van der Waals surface area contributed by atoms with Gasteiger partial charge >= 0.3 is 0 Å². The second kappa shape index (κ2) is 8.46. The Bertz CT molecular complexity index is 1220. The van der Waals surface area contributed by atoms with E-state index in [0.717, 1.165) is 18.4 Å². The molecule has 1 fully saturated rings. The molecular weight excluding hydrogens is 444 g/mol. The Hall–Kier alpha value is -3.28. The van der Waals surface area contributed by atoms with Gasteiger partial charge in [-0.05, 0) is 48.6 Å². The number of rotatable bonds is 6. The number of halogens is 3. The van der Waals surface area contributed by atoms with Gasteiger partial charge in [0, 0.05) is 12.1 Å². The minimum atomic E-state index is -0.724. The third-order valence-corrected chi connectivity index (χ3v) is 5.37. The summed E-state index contributed by atoms with van der Waals surface area (Å²) in [7, 11) is 0. The number of ether oxygens (including phenoxy) is 1. The molecule has 0 atom stereocenters. The fraction of sp³-hybridized carbons (Fsp3) is 0.190. The Morgan fingerprint density at radius 1 is 1.35 bits per heavy atom. The number of anilines is 1. The predicted octanol–water partition coefficient (Wildman–Crippen LogP) is 4.91. The second-order valence-electron chi connectivity index (χ2n) is 7.10. The van der Waals surface area contributed by atoms with Crippen molar-refractivity contribution in [1.29, 1.82) is 5.26 Å². The van der Waals surface area contributed by atoms with Gasteiger partial charge in [-0.2, -0.15) is 5.26 Å². The molecule has 4 rings (SSSR count). The van der Waals surface area contributed by atoms with Crippen LogP contribution in [0.15, 0.2) is 30.3 Å². The van der Waals surface area contributed by atoms with E-state index in [9.17, 15) is 10.1 Å². The summed E-state index contributed by atoms with van der Waals surface area (Å²) < 4.78 is 20.8. The monoisotopic (exact) mass is 459 g/mol. The lowest BCUT2D eigenvalue weighted by molar-refractivity contribution is 0.0946. The lowest BCUT2D eigenvalue weighted by Crippen LogP contribution is -2.24. The summed E-state index contributed by atoms with van der Waals surface area (Å²) >= 11 is 12.0. The number of benzene rings is 2. The van der Waals surface area contributed by atoms with E-state index in [1.807, 2.05) is 6.07 Å². The molecule has 4 N–H and O–H groups in total. The van der Waals surface area contributed by atoms with E-state index in [-0.39, 0.29) is 39.7 Å². The van der Waals surface area contributed by atoms with Crippen molar-refractivity contribution in [1.82, 2.24) is 15.3 Å². The third-order valence-electron chi connectivity index (χ3n) is 4.80. The number of nitrogens with zero attached hydrogens (tertiary/aromatic N) is 2. The van der Waals surface area contributed by atoms with Crippen molar-refractivity contribution >= 4 is 35.1 Å². The molecule has 0 saturated heterocycles. The number of carbonyl (C=O) groups is 1. The number of amides is 1. The molecule has 1 aliphatic carbocycles. The molecule has 0 aliphatic heterocycles. The van der Waals surface area contributed by atoms with Crippen molar-refractivity contribution in [2.75, 3.05) is 5.73 Å². The number of imidazole rings is 1. The third kappa shape index (κ3) is 4.58. The van der Waals surface area contributed by atoms with Crippen molar-refractivity contribution in [2.24, 2.45) is 0 Å². The van der Waals surface area contributed by atoms with Crippen LogP contribution in [0.25, 0.3) is 0 Å². The molecule has 1 saturated carbocycles. The van der Waals surface area contributed by atoms with Crippen molar-refractivity contribution in [3.63, 3.8) is 0 Å². The maximum absolute atomic E-state index is 15.1. The highest BCUT2D eigenvalue weighted by atomic mass is 35.5. The van der Waals surface area contributed by atoms with Crippen molar-refractivity contribution < 1.29 is 13.9 Å². The van der Waals surface area contributed by atoms with Crippen LogP contribution in [-0.2, 0) is 6.54 Å². The average Bonchev–Trinajstić information content (AvgIpc) is 3.54. The number of hydrogen-bond donors (Lipinski definition) is 3. The number of nitrogens with two attached hydrogens (primary N) is 1. The smallest absolute Gasteiger partial charge is 0.271 e. The predicted molar refractivity (Wildman–Crippen MR) is 114 cm³/mol. The number of aromatic nitrogens is 2. The largest absolute Gasteiger partial charge is 0.453 e. The first-order valence-corrected chi connectivity index (χ1v) is 10.1. The number of aromatic amines is 1. The number of nitriles is 1. The maximum atomic E-state index is 15.1. The Morgan fingerprint density at radius 2 is 2.13 bits per heavy atom. The number of hydrogen-bond acceptors (Lipinski definition) is 5. The molecule has 0 bridgehead atoms. The van der Waals surface area contributed by atoms with E-state index in [4.69, 9.17) is 33.7 Å². The van der Waals surface area contributed by atoms with Crippen LogP contribution >= 0.6 is 23.2 Å². The Kier molecular flexibility index (Phi) is 5.72. The van der Waals surface area contributed by atoms with Crippen LogP contribution in [0.3, 0.4) is 0 Å². The first-order chi connectivity index (χ1) is 14.9. The standard InChI is InChI=1S/C21H16Cl2FN5O2/c22-15-4-3-12(9-27-20(30)17-19(23)29-21(26)28-17)16(24)18(15)31-14-6-10(8-25)5-13(7-14)11-1-2-11/h3-7,11H,1-2,9H2,(H,27,30)(H3,26,28,29). The second-order valence-corrected chi connectivity index (χ2v) is 7.86. The van der Waals surface area contributed by atoms with Gasteiger partial charge in [-0.25, -0.2) is 9.37 Å². The summed E-state index contributed by atoms with van der Waals surface area (Å²) in [5, 5.41) is 11.8. The average molecular weight is 460 g/mol. The fourth-order valence-electron chi connectivity index (χ4n) is 3.10. The molecule has 31 heavy (non-hydrogen) atoms. The lowest BCUT2D eigenvalue weighted by atomic mass is 10.1. The molecule has 2 aromatic carbocycles. The zero-order valence-corrected chi connectivity index (χ0v) is 17.5. The van der Waals surface area contributed by atoms with Gasteiger partial charge in [0.25, 0.3) is 5.91 Å². The molecule has 1 aliphatic rings. The van der Waals surface area contributed by atoms with Gasteiger partial charge in [0.1, 0.15) is 11.4 Å². The van der Waals surface area contributed by atoms with Crippen LogP contribution < -0.4 is 15.8 Å². The SMILES string of the molecule is N#Cc1cc(Oc2c(Cl)ccc(CNC(=O)c3[nH]c(N)nc3Cl)c2F)cc(C2CC2)c1. The van der Waals surface area contributed by atoms with Crippen molar-refractivity contribution in [3.05, 3.63) is 68.7 Å². The van der Waals surface area contributed by atoms with Crippen LogP contribution in [0.5, 0.6) is 11.5 Å². The summed E-state index contributed by atoms with van der Waals surface area (Å²) in [6.07, 6.45) is 2.09. The van der Waals surface area contributed by atoms with Crippen LogP contribution in [0.1, 0.15) is 45.9 Å². The molecule has 1 heterocycles. The quantitative estimate of drug-likeness (QED) is 0.483. The van der Waals surface area contributed by atoms with Crippen LogP contribution in [0.4, 0.5) is 10.3 Å². The molecule has 3 aromatic rings. The summed E-state index contributed by atoms with van der Waals surface area (Å²) in [4.78, 5) is 18.5. The Morgan fingerprint density at radius 3 is 2.77 bits per heavy atom. The van der Waals surface area contributed by atoms with E-state index < -0.39 is 11.7 Å². The number of nitrogens with one attached hydrogen (secondary N) is 2. The molecule has 1 aromatic heterocycles. The molecule has 0 radical (unpaired) electrons. The number of H-pyrrole nitrogens is 1. The topological polar surface area (TPSA) is 117 Å². The van der Waals surface area contributed by atoms with Crippen LogP contribution in [-0.4, -0.2) is 15.9 Å². The Labute approximate surface area is 186 Å². The van der Waals surface area contributed by atoms with Gasteiger partial charge in [0.15, 0.2) is 22.7 Å². The normalized spacial score (nSPS) is 13.0. The molecule has 7 nitrogen and oxygen atoms in total. The van der Waals surface area contributed by atoms with Gasteiger partial charge in [-0.1, -0.05) is 29.3 Å². The van der Waals surface area contributed by atoms with E-state index in [1.165, 1.54) is 18.2 Å². The van der Waals surface area contributed by atoms with Gasteiger partial charge in [-0.3, -0.25) is 4.79 Å². The van der Waals surface area contributed by atoms with Crippen molar-refractivity contribution in [3.8, 4) is 17.6 Å². The summed E-state index contributed by atoms with van der Waals surface area (Å²) in [5.74, 6) is -0.800. The van der Waals surface area contributed by atoms with Crippen LogP contribution in [0.2, 0.25) is 10.2 Å². The summed E-state index contributed by atoms with van der Waals surface area (Å²) in [6, 6.07) is 10.1. The maximum Gasteiger partial charge on any atom is 0.271 e. The van der Waals surface area contributed by atoms with Gasteiger partial charge in [-0.15, -0.1) is 0 Å². The summed E-state index contributed by atoms with van der Waals surface area (Å²) in [5.41, 5.74) is 7.00. The number of nitrogen functional groups attached to an aromatic ring is 1.